The van der Waals surface area contributed by atoms with Crippen LogP contribution in [0.2, 0.25) is 0 Å². The molecule has 1 aliphatic heterocycles. The normalized spacial score (nSPS) is 13.8. The van der Waals surface area contributed by atoms with Crippen molar-refractivity contribution in [2.75, 3.05) is 12.3 Å². The van der Waals surface area contributed by atoms with E-state index in [2.05, 4.69) is 13.0 Å². The lowest BCUT2D eigenvalue weighted by atomic mass is 9.87. The third kappa shape index (κ3) is 1.37. The molecule has 0 saturated heterocycles. The van der Waals surface area contributed by atoms with Gasteiger partial charge in [0.15, 0.2) is 0 Å². The molecule has 1 heterocycles. The van der Waals surface area contributed by atoms with Gasteiger partial charge in [0.1, 0.15) is 13.6 Å². The lowest BCUT2D eigenvalue weighted by Gasteiger charge is -2.12. The minimum Gasteiger partial charge on any atom is -0.494 e. The van der Waals surface area contributed by atoms with Crippen LogP contribution in [0, 0.1) is 0 Å². The number of nitrogens with two attached hydrogens (primary N) is 1. The van der Waals surface area contributed by atoms with Gasteiger partial charge in [-0.3, -0.25) is 0 Å². The molecule has 2 radical (unpaired) electrons. The second-order valence-electron chi connectivity index (χ2n) is 3.70. The fourth-order valence-electron chi connectivity index (χ4n) is 1.92. The molecular weight excluding hydrogens is 173 g/mol. The predicted octanol–water partition coefficient (Wildman–Crippen LogP) is 0.950. The number of hydrogen-bond acceptors (Lipinski definition) is 2. The minimum absolute atomic E-state index is 0.628. The van der Waals surface area contributed by atoms with E-state index in [1.54, 1.807) is 0 Å². The summed E-state index contributed by atoms with van der Waals surface area (Å²) in [5.74, 6) is 0.808. The molecule has 0 aliphatic carbocycles. The van der Waals surface area contributed by atoms with Gasteiger partial charge in [-0.15, -0.1) is 0 Å². The summed E-state index contributed by atoms with van der Waals surface area (Å²) < 4.78 is 5.44. The Morgan fingerprint density at radius 2 is 2.36 bits per heavy atom. The Kier molecular flexibility index (Phi) is 2.40. The third-order valence-corrected chi connectivity index (χ3v) is 2.66. The molecule has 0 amide bonds. The number of benzene rings is 1. The van der Waals surface area contributed by atoms with Crippen LogP contribution in [0.4, 0.5) is 5.69 Å². The van der Waals surface area contributed by atoms with Crippen molar-refractivity contribution in [3.05, 3.63) is 17.2 Å². The molecule has 3 heteroatoms. The van der Waals surface area contributed by atoms with E-state index in [4.69, 9.17) is 18.3 Å². The van der Waals surface area contributed by atoms with Crippen LogP contribution in [-0.2, 0) is 12.8 Å². The Morgan fingerprint density at radius 3 is 3.07 bits per heavy atom. The Balaban J connectivity index is 2.49. The summed E-state index contributed by atoms with van der Waals surface area (Å²) in [5.41, 5.74) is 9.64. The zero-order valence-corrected chi connectivity index (χ0v) is 8.47. The van der Waals surface area contributed by atoms with Crippen LogP contribution in [0.5, 0.6) is 5.75 Å². The number of aryl methyl sites for hydroxylation is 1. The van der Waals surface area contributed by atoms with Crippen LogP contribution in [-0.4, -0.2) is 14.5 Å². The molecule has 0 fully saturated rings. The monoisotopic (exact) mass is 187 g/mol. The summed E-state index contributed by atoms with van der Waals surface area (Å²) in [6.07, 6.45) is 3.03. The number of ether oxygens (including phenoxy) is 1. The van der Waals surface area contributed by atoms with Crippen molar-refractivity contribution in [2.24, 2.45) is 0 Å². The Bertz CT molecular complexity index is 363. The minimum atomic E-state index is 0.628. The second-order valence-corrected chi connectivity index (χ2v) is 3.70. The van der Waals surface area contributed by atoms with Crippen molar-refractivity contribution in [2.45, 2.75) is 26.2 Å². The highest BCUT2D eigenvalue weighted by Crippen LogP contribution is 2.27. The highest BCUT2D eigenvalue weighted by atomic mass is 16.5. The van der Waals surface area contributed by atoms with Crippen LogP contribution in [0.15, 0.2) is 6.07 Å². The van der Waals surface area contributed by atoms with E-state index in [1.807, 2.05) is 0 Å². The lowest BCUT2D eigenvalue weighted by Crippen LogP contribution is -2.15. The summed E-state index contributed by atoms with van der Waals surface area (Å²) in [4.78, 5) is 0. The van der Waals surface area contributed by atoms with Gasteiger partial charge in [-0.25, -0.2) is 0 Å². The lowest BCUT2D eigenvalue weighted by molar-refractivity contribution is 0.359. The average Bonchev–Trinajstić information content (AvgIpc) is 2.62. The molecule has 1 aromatic rings. The summed E-state index contributed by atoms with van der Waals surface area (Å²) in [7, 11) is 5.92. The molecule has 0 bridgehead atoms. The predicted molar refractivity (Wildman–Crippen MR) is 59.4 cm³/mol. The molecule has 72 valence electrons. The van der Waals surface area contributed by atoms with Crippen molar-refractivity contribution in [3.8, 4) is 5.75 Å². The highest BCUT2D eigenvalue weighted by Gasteiger charge is 2.17. The first-order valence-corrected chi connectivity index (χ1v) is 5.06. The van der Waals surface area contributed by atoms with E-state index in [-0.39, 0.29) is 0 Å². The fourth-order valence-corrected chi connectivity index (χ4v) is 1.92. The Labute approximate surface area is 85.9 Å². The van der Waals surface area contributed by atoms with Crippen LogP contribution < -0.4 is 15.9 Å². The van der Waals surface area contributed by atoms with Gasteiger partial charge in [0, 0.05) is 12.1 Å². The van der Waals surface area contributed by atoms with Gasteiger partial charge in [-0.2, -0.15) is 0 Å². The van der Waals surface area contributed by atoms with E-state index in [0.717, 1.165) is 37.2 Å². The maximum atomic E-state index is 5.94. The number of rotatable bonds is 2. The summed E-state index contributed by atoms with van der Waals surface area (Å²) in [6.45, 7) is 2.87. The molecule has 14 heavy (non-hydrogen) atoms. The number of anilines is 1. The van der Waals surface area contributed by atoms with E-state index in [0.29, 0.717) is 11.2 Å². The van der Waals surface area contributed by atoms with Gasteiger partial charge >= 0.3 is 0 Å². The van der Waals surface area contributed by atoms with Gasteiger partial charge in [0.05, 0.1) is 6.61 Å². The second kappa shape index (κ2) is 3.56. The van der Waals surface area contributed by atoms with Crippen LogP contribution in [0.3, 0.4) is 0 Å². The van der Waals surface area contributed by atoms with Crippen molar-refractivity contribution < 1.29 is 4.74 Å². The van der Waals surface area contributed by atoms with E-state index in [9.17, 15) is 0 Å². The van der Waals surface area contributed by atoms with Gasteiger partial charge in [0.25, 0.3) is 0 Å². The molecule has 0 spiro atoms. The van der Waals surface area contributed by atoms with Gasteiger partial charge in [0.2, 0.25) is 0 Å². The summed E-state index contributed by atoms with van der Waals surface area (Å²) in [5, 5.41) is 0. The maximum absolute atomic E-state index is 5.94. The zero-order chi connectivity index (χ0) is 10.1. The first-order valence-electron chi connectivity index (χ1n) is 5.06. The van der Waals surface area contributed by atoms with Crippen molar-refractivity contribution in [1.82, 2.24) is 0 Å². The van der Waals surface area contributed by atoms with Crippen LogP contribution in [0.25, 0.3) is 0 Å². The molecule has 0 atom stereocenters. The first-order chi connectivity index (χ1) is 6.74. The topological polar surface area (TPSA) is 35.2 Å². The van der Waals surface area contributed by atoms with Crippen molar-refractivity contribution in [3.63, 3.8) is 0 Å². The number of hydrogen-bond donors (Lipinski definition) is 1. The zero-order valence-electron chi connectivity index (χ0n) is 8.47. The smallest absolute Gasteiger partial charge is 0.121 e. The highest BCUT2D eigenvalue weighted by molar-refractivity contribution is 6.38. The number of nitrogen functional groups attached to an aromatic ring is 1. The molecule has 1 aromatic carbocycles. The fraction of sp³-hybridized carbons (Fsp3) is 0.455. The summed E-state index contributed by atoms with van der Waals surface area (Å²) >= 11 is 0. The van der Waals surface area contributed by atoms with E-state index in [1.165, 1.54) is 5.56 Å². The molecule has 0 saturated carbocycles. The average molecular weight is 187 g/mol. The Hall–Kier alpha value is -1.12. The third-order valence-electron chi connectivity index (χ3n) is 2.66. The van der Waals surface area contributed by atoms with Crippen molar-refractivity contribution in [1.29, 1.82) is 0 Å². The van der Waals surface area contributed by atoms with Crippen LogP contribution >= 0.6 is 0 Å². The molecule has 2 rings (SSSR count). The van der Waals surface area contributed by atoms with Crippen LogP contribution in [0.1, 0.15) is 24.5 Å². The SMILES string of the molecule is [B]c1c(N)c(CCC)cc2c1OCC2. The largest absolute Gasteiger partial charge is 0.494 e. The Morgan fingerprint density at radius 1 is 1.57 bits per heavy atom. The molecule has 1 aliphatic rings. The molecular formula is C11H14BNO. The van der Waals surface area contributed by atoms with E-state index >= 15 is 0 Å². The van der Waals surface area contributed by atoms with E-state index < -0.39 is 0 Å². The summed E-state index contributed by atoms with van der Waals surface area (Å²) in [6, 6.07) is 2.14. The number of fused-ring (bicyclic) bond motifs is 1. The quantitative estimate of drug-likeness (QED) is 0.552. The van der Waals surface area contributed by atoms with Gasteiger partial charge in [-0.1, -0.05) is 13.3 Å². The first kappa shape index (κ1) is 9.44. The molecule has 0 unspecified atom stereocenters. The van der Waals surface area contributed by atoms with Gasteiger partial charge < -0.3 is 10.5 Å². The molecule has 2 nitrogen and oxygen atoms in total. The van der Waals surface area contributed by atoms with Gasteiger partial charge in [-0.05, 0) is 29.1 Å². The molecule has 2 N–H and O–H groups in total. The standard InChI is InChI=1S/C11H14BNO/c1-2-3-7-6-8-4-5-14-11(8)9(12)10(7)13/h6H,2-5,13H2,1H3. The molecule has 0 aromatic heterocycles. The van der Waals surface area contributed by atoms with Crippen molar-refractivity contribution >= 4 is 19.0 Å². The maximum Gasteiger partial charge on any atom is 0.121 e.